The molecule has 1 atom stereocenters. The average molecular weight is 270 g/mol. The van der Waals surface area contributed by atoms with Crippen molar-refractivity contribution < 1.29 is 12.8 Å². The number of aryl methyl sites for hydroxylation is 1. The lowest BCUT2D eigenvalue weighted by Crippen LogP contribution is -2.31. The highest BCUT2D eigenvalue weighted by Crippen LogP contribution is 2.20. The molecular formula is C12H15FN2O2S. The van der Waals surface area contributed by atoms with Crippen molar-refractivity contribution in [3.8, 4) is 6.07 Å². The van der Waals surface area contributed by atoms with Crippen molar-refractivity contribution in [2.45, 2.75) is 18.7 Å². The first-order valence-electron chi connectivity index (χ1n) is 5.41. The normalized spacial score (nSPS) is 13.3. The van der Waals surface area contributed by atoms with Crippen molar-refractivity contribution >= 4 is 10.0 Å². The number of nitriles is 1. The van der Waals surface area contributed by atoms with Gasteiger partial charge in [-0.3, -0.25) is 0 Å². The van der Waals surface area contributed by atoms with Crippen LogP contribution in [0.15, 0.2) is 23.1 Å². The maximum Gasteiger partial charge on any atom is 0.243 e. The summed E-state index contributed by atoms with van der Waals surface area (Å²) < 4.78 is 38.5. The van der Waals surface area contributed by atoms with E-state index in [-0.39, 0.29) is 11.4 Å². The van der Waals surface area contributed by atoms with E-state index in [9.17, 15) is 12.8 Å². The Labute approximate surface area is 107 Å². The van der Waals surface area contributed by atoms with E-state index in [2.05, 4.69) is 0 Å². The van der Waals surface area contributed by atoms with Gasteiger partial charge < -0.3 is 0 Å². The van der Waals surface area contributed by atoms with Gasteiger partial charge in [0.1, 0.15) is 5.82 Å². The number of sulfonamides is 1. The van der Waals surface area contributed by atoms with Gasteiger partial charge in [-0.1, -0.05) is 0 Å². The molecule has 0 aliphatic heterocycles. The van der Waals surface area contributed by atoms with E-state index in [0.717, 1.165) is 10.4 Å². The van der Waals surface area contributed by atoms with Gasteiger partial charge in [-0.15, -0.1) is 0 Å². The molecule has 0 bridgehead atoms. The van der Waals surface area contributed by atoms with Crippen molar-refractivity contribution in [3.05, 3.63) is 29.6 Å². The van der Waals surface area contributed by atoms with Crippen LogP contribution in [0.5, 0.6) is 0 Å². The van der Waals surface area contributed by atoms with E-state index in [1.165, 1.54) is 26.1 Å². The minimum absolute atomic E-state index is 0.0662. The summed E-state index contributed by atoms with van der Waals surface area (Å²) in [5, 5.41) is 8.69. The van der Waals surface area contributed by atoms with Crippen molar-refractivity contribution in [1.29, 1.82) is 5.26 Å². The summed E-state index contributed by atoms with van der Waals surface area (Å²) in [4.78, 5) is 0.0662. The summed E-state index contributed by atoms with van der Waals surface area (Å²) in [6.45, 7) is 3.29. The van der Waals surface area contributed by atoms with E-state index in [1.807, 2.05) is 6.07 Å². The van der Waals surface area contributed by atoms with E-state index >= 15 is 0 Å². The molecule has 1 rings (SSSR count). The lowest BCUT2D eigenvalue weighted by atomic mass is 10.2. The van der Waals surface area contributed by atoms with Gasteiger partial charge >= 0.3 is 0 Å². The second-order valence-electron chi connectivity index (χ2n) is 4.23. The molecule has 1 aromatic rings. The van der Waals surface area contributed by atoms with E-state index in [4.69, 9.17) is 5.26 Å². The highest BCUT2D eigenvalue weighted by molar-refractivity contribution is 7.89. The predicted molar refractivity (Wildman–Crippen MR) is 65.7 cm³/mol. The van der Waals surface area contributed by atoms with Crippen LogP contribution in [0.1, 0.15) is 12.5 Å². The third-order valence-corrected chi connectivity index (χ3v) is 4.56. The second kappa shape index (κ2) is 5.46. The summed E-state index contributed by atoms with van der Waals surface area (Å²) in [6, 6.07) is 5.51. The minimum Gasteiger partial charge on any atom is -0.207 e. The van der Waals surface area contributed by atoms with Gasteiger partial charge in [0.05, 0.1) is 16.9 Å². The molecule has 0 spiro atoms. The van der Waals surface area contributed by atoms with Crippen LogP contribution < -0.4 is 0 Å². The van der Waals surface area contributed by atoms with Gasteiger partial charge in [0.25, 0.3) is 0 Å². The molecule has 0 aromatic heterocycles. The van der Waals surface area contributed by atoms with Gasteiger partial charge in [-0.2, -0.15) is 9.57 Å². The molecule has 1 unspecified atom stereocenters. The van der Waals surface area contributed by atoms with Crippen LogP contribution in [-0.4, -0.2) is 26.3 Å². The van der Waals surface area contributed by atoms with Crippen LogP contribution in [0.25, 0.3) is 0 Å². The molecule has 1 aromatic carbocycles. The fourth-order valence-electron chi connectivity index (χ4n) is 1.59. The summed E-state index contributed by atoms with van der Waals surface area (Å²) >= 11 is 0. The molecule has 0 saturated carbocycles. The van der Waals surface area contributed by atoms with Crippen molar-refractivity contribution in [3.63, 3.8) is 0 Å². The maximum absolute atomic E-state index is 13.0. The molecule has 0 aliphatic rings. The Balaban J connectivity index is 3.10. The van der Waals surface area contributed by atoms with Crippen molar-refractivity contribution in [2.24, 2.45) is 5.92 Å². The number of hydrogen-bond donors (Lipinski definition) is 0. The lowest BCUT2D eigenvalue weighted by molar-refractivity contribution is 0.438. The Hall–Kier alpha value is -1.45. The molecule has 0 heterocycles. The van der Waals surface area contributed by atoms with Crippen LogP contribution in [0.3, 0.4) is 0 Å². The van der Waals surface area contributed by atoms with Gasteiger partial charge in [0.2, 0.25) is 10.0 Å². The quantitative estimate of drug-likeness (QED) is 0.839. The first-order chi connectivity index (χ1) is 8.28. The average Bonchev–Trinajstić information content (AvgIpc) is 2.28. The number of nitrogens with zero attached hydrogens (tertiary/aromatic N) is 2. The molecular weight excluding hydrogens is 255 g/mol. The van der Waals surface area contributed by atoms with Crippen LogP contribution in [0, 0.1) is 30.0 Å². The maximum atomic E-state index is 13.0. The zero-order valence-electron chi connectivity index (χ0n) is 10.5. The predicted octanol–water partition coefficient (Wildman–Crippen LogP) is 1.91. The summed E-state index contributed by atoms with van der Waals surface area (Å²) in [5.41, 5.74) is 0.353. The zero-order chi connectivity index (χ0) is 13.9. The zero-order valence-corrected chi connectivity index (χ0v) is 11.3. The topological polar surface area (TPSA) is 61.2 Å². The third kappa shape index (κ3) is 3.06. The molecule has 98 valence electrons. The Morgan fingerprint density at radius 2 is 2.11 bits per heavy atom. The van der Waals surface area contributed by atoms with E-state index < -0.39 is 21.8 Å². The largest absolute Gasteiger partial charge is 0.243 e. The number of benzene rings is 1. The number of rotatable bonds is 4. The fraction of sp³-hybridized carbons (Fsp3) is 0.417. The Morgan fingerprint density at radius 1 is 1.50 bits per heavy atom. The molecule has 0 saturated heterocycles. The standard InChI is InChI=1S/C12H15FN2O2S/c1-9(7-14)8-15(3)18(16,17)12-5-4-11(13)6-10(12)2/h4-6,9H,8H2,1-3H3. The molecule has 0 N–H and O–H groups in total. The first kappa shape index (κ1) is 14.6. The summed E-state index contributed by atoms with van der Waals surface area (Å²) in [6.07, 6.45) is 0. The Bertz CT molecular complexity index is 578. The van der Waals surface area contributed by atoms with Crippen LogP contribution in [-0.2, 0) is 10.0 Å². The van der Waals surface area contributed by atoms with Crippen LogP contribution in [0.2, 0.25) is 0 Å². The second-order valence-corrected chi connectivity index (χ2v) is 6.24. The Kier molecular flexibility index (Phi) is 4.43. The molecule has 18 heavy (non-hydrogen) atoms. The van der Waals surface area contributed by atoms with Gasteiger partial charge in [0, 0.05) is 13.6 Å². The highest BCUT2D eigenvalue weighted by Gasteiger charge is 2.24. The molecule has 0 amide bonds. The monoisotopic (exact) mass is 270 g/mol. The van der Waals surface area contributed by atoms with Gasteiger partial charge in [-0.05, 0) is 37.6 Å². The summed E-state index contributed by atoms with van der Waals surface area (Å²) in [7, 11) is -2.27. The summed E-state index contributed by atoms with van der Waals surface area (Å²) in [5.74, 6) is -0.870. The van der Waals surface area contributed by atoms with Crippen molar-refractivity contribution in [1.82, 2.24) is 4.31 Å². The fourth-order valence-corrected chi connectivity index (χ4v) is 3.06. The van der Waals surface area contributed by atoms with Gasteiger partial charge in [-0.25, -0.2) is 12.8 Å². The number of halogens is 1. The number of hydrogen-bond acceptors (Lipinski definition) is 3. The smallest absolute Gasteiger partial charge is 0.207 e. The van der Waals surface area contributed by atoms with E-state index in [0.29, 0.717) is 5.56 Å². The molecule has 0 aliphatic carbocycles. The lowest BCUT2D eigenvalue weighted by Gasteiger charge is -2.19. The Morgan fingerprint density at radius 3 is 2.61 bits per heavy atom. The minimum atomic E-state index is -3.68. The molecule has 0 fully saturated rings. The van der Waals surface area contributed by atoms with Crippen LogP contribution >= 0.6 is 0 Å². The highest BCUT2D eigenvalue weighted by atomic mass is 32.2. The SMILES string of the molecule is Cc1cc(F)ccc1S(=O)(=O)N(C)CC(C)C#N. The van der Waals surface area contributed by atoms with Crippen LogP contribution in [0.4, 0.5) is 4.39 Å². The molecule has 6 heteroatoms. The molecule has 0 radical (unpaired) electrons. The van der Waals surface area contributed by atoms with Crippen molar-refractivity contribution in [2.75, 3.05) is 13.6 Å². The third-order valence-electron chi connectivity index (χ3n) is 2.58. The van der Waals surface area contributed by atoms with E-state index in [1.54, 1.807) is 6.92 Å². The molecule has 4 nitrogen and oxygen atoms in total. The first-order valence-corrected chi connectivity index (χ1v) is 6.85. The van der Waals surface area contributed by atoms with Gasteiger partial charge in [0.15, 0.2) is 0 Å².